The molecule has 0 radical (unpaired) electrons. The highest BCUT2D eigenvalue weighted by molar-refractivity contribution is 5.51. The van der Waals surface area contributed by atoms with Gasteiger partial charge < -0.3 is 15.2 Å². The first kappa shape index (κ1) is 14.7. The van der Waals surface area contributed by atoms with Gasteiger partial charge in [-0.25, -0.2) is 4.39 Å². The fourth-order valence-electron chi connectivity index (χ4n) is 1.90. The minimum atomic E-state index is -0.505. The number of rotatable bonds is 5. The second-order valence-corrected chi connectivity index (χ2v) is 4.36. The van der Waals surface area contributed by atoms with E-state index in [2.05, 4.69) is 5.32 Å². The number of ether oxygens (including phenoxy) is 1. The van der Waals surface area contributed by atoms with E-state index in [1.807, 2.05) is 13.0 Å². The maximum atomic E-state index is 13.7. The van der Waals surface area contributed by atoms with Crippen LogP contribution in [0.15, 0.2) is 36.4 Å². The predicted octanol–water partition coefficient (Wildman–Crippen LogP) is 3.41. The molecular weight excluding hydrogens is 271 g/mol. The lowest BCUT2D eigenvalue weighted by Gasteiger charge is -2.12. The molecule has 0 amide bonds. The fraction of sp³-hybridized carbons (Fsp3) is 0.188. The molecule has 0 unspecified atom stereocenters. The standard InChI is InChI=1S/C16H15FN2O2/c1-2-21-15-5-3-4-12(16(15)20)10-19-14-7-6-11(9-18)8-13(14)17/h3-8,19-20H,2,10H2,1H3. The summed E-state index contributed by atoms with van der Waals surface area (Å²) in [6.45, 7) is 2.53. The molecule has 0 fully saturated rings. The summed E-state index contributed by atoms with van der Waals surface area (Å²) in [4.78, 5) is 0. The maximum Gasteiger partial charge on any atom is 0.162 e. The third kappa shape index (κ3) is 3.42. The van der Waals surface area contributed by atoms with Gasteiger partial charge in [0.05, 0.1) is 23.9 Å². The SMILES string of the molecule is CCOc1cccc(CNc2ccc(C#N)cc2F)c1O. The van der Waals surface area contributed by atoms with Gasteiger partial charge in [-0.3, -0.25) is 0 Å². The lowest BCUT2D eigenvalue weighted by Crippen LogP contribution is -2.03. The van der Waals surface area contributed by atoms with Crippen LogP contribution in [0.1, 0.15) is 18.1 Å². The number of anilines is 1. The van der Waals surface area contributed by atoms with E-state index in [-0.39, 0.29) is 23.5 Å². The molecule has 0 spiro atoms. The van der Waals surface area contributed by atoms with Gasteiger partial charge in [-0.05, 0) is 31.2 Å². The van der Waals surface area contributed by atoms with Crippen molar-refractivity contribution in [1.82, 2.24) is 0 Å². The number of phenolic OH excluding ortho intramolecular Hbond substituents is 1. The smallest absolute Gasteiger partial charge is 0.162 e. The van der Waals surface area contributed by atoms with Crippen molar-refractivity contribution in [3.63, 3.8) is 0 Å². The maximum absolute atomic E-state index is 13.7. The third-order valence-corrected chi connectivity index (χ3v) is 2.95. The highest BCUT2D eigenvalue weighted by Gasteiger charge is 2.09. The van der Waals surface area contributed by atoms with Gasteiger partial charge in [-0.1, -0.05) is 12.1 Å². The lowest BCUT2D eigenvalue weighted by molar-refractivity contribution is 0.317. The van der Waals surface area contributed by atoms with Crippen LogP contribution in [0.2, 0.25) is 0 Å². The Hall–Kier alpha value is -2.74. The average Bonchev–Trinajstić information content (AvgIpc) is 2.49. The van der Waals surface area contributed by atoms with Gasteiger partial charge >= 0.3 is 0 Å². The molecule has 0 atom stereocenters. The minimum Gasteiger partial charge on any atom is -0.504 e. The van der Waals surface area contributed by atoms with Gasteiger partial charge in [-0.15, -0.1) is 0 Å². The summed E-state index contributed by atoms with van der Waals surface area (Å²) in [5.74, 6) is -0.0625. The van der Waals surface area contributed by atoms with Gasteiger partial charge in [0, 0.05) is 12.1 Å². The van der Waals surface area contributed by atoms with E-state index in [0.717, 1.165) is 0 Å². The van der Waals surface area contributed by atoms with Crippen molar-refractivity contribution in [2.75, 3.05) is 11.9 Å². The molecule has 0 aliphatic rings. The number of nitriles is 1. The van der Waals surface area contributed by atoms with Crippen molar-refractivity contribution in [2.45, 2.75) is 13.5 Å². The Bertz CT molecular complexity index is 680. The number of para-hydroxylation sites is 1. The minimum absolute atomic E-state index is 0.0425. The number of nitrogens with zero attached hydrogens (tertiary/aromatic N) is 1. The van der Waals surface area contributed by atoms with Crippen molar-refractivity contribution in [1.29, 1.82) is 5.26 Å². The van der Waals surface area contributed by atoms with Crippen molar-refractivity contribution in [3.8, 4) is 17.6 Å². The Morgan fingerprint density at radius 3 is 2.81 bits per heavy atom. The Morgan fingerprint density at radius 1 is 1.33 bits per heavy atom. The van der Waals surface area contributed by atoms with Crippen LogP contribution in [0.3, 0.4) is 0 Å². The molecule has 0 aromatic heterocycles. The van der Waals surface area contributed by atoms with Gasteiger partial charge in [0.15, 0.2) is 11.5 Å². The molecule has 0 aliphatic heterocycles. The van der Waals surface area contributed by atoms with Gasteiger partial charge in [-0.2, -0.15) is 5.26 Å². The molecule has 108 valence electrons. The molecule has 2 N–H and O–H groups in total. The predicted molar refractivity (Wildman–Crippen MR) is 77.7 cm³/mol. The molecule has 2 aromatic rings. The summed E-state index contributed by atoms with van der Waals surface area (Å²) < 4.78 is 19.0. The van der Waals surface area contributed by atoms with Crippen LogP contribution in [0, 0.1) is 17.1 Å². The number of hydrogen-bond acceptors (Lipinski definition) is 4. The highest BCUT2D eigenvalue weighted by Crippen LogP contribution is 2.30. The first-order valence-corrected chi connectivity index (χ1v) is 6.53. The monoisotopic (exact) mass is 286 g/mol. The Kier molecular flexibility index (Phi) is 4.62. The van der Waals surface area contributed by atoms with Crippen molar-refractivity contribution in [3.05, 3.63) is 53.3 Å². The quantitative estimate of drug-likeness (QED) is 0.884. The topological polar surface area (TPSA) is 65.3 Å². The Balaban J connectivity index is 2.13. The second kappa shape index (κ2) is 6.62. The molecule has 2 aromatic carbocycles. The van der Waals surface area contributed by atoms with Gasteiger partial charge in [0.2, 0.25) is 0 Å². The molecule has 0 heterocycles. The lowest BCUT2D eigenvalue weighted by atomic mass is 10.1. The zero-order chi connectivity index (χ0) is 15.2. The van der Waals surface area contributed by atoms with E-state index in [9.17, 15) is 9.50 Å². The summed E-state index contributed by atoms with van der Waals surface area (Å²) in [6, 6.07) is 11.2. The molecule has 21 heavy (non-hydrogen) atoms. The van der Waals surface area contributed by atoms with E-state index in [0.29, 0.717) is 17.9 Å². The average molecular weight is 286 g/mol. The van der Waals surface area contributed by atoms with Crippen LogP contribution < -0.4 is 10.1 Å². The summed E-state index contributed by atoms with van der Waals surface area (Å²) in [7, 11) is 0. The van der Waals surface area contributed by atoms with Crippen molar-refractivity contribution < 1.29 is 14.2 Å². The number of aromatic hydroxyl groups is 1. The van der Waals surface area contributed by atoms with Crippen LogP contribution in [0.4, 0.5) is 10.1 Å². The summed E-state index contributed by atoms with van der Waals surface area (Å²) in [5, 5.41) is 21.6. The molecule has 0 bridgehead atoms. The fourth-order valence-corrected chi connectivity index (χ4v) is 1.90. The van der Waals surface area contributed by atoms with E-state index in [1.54, 1.807) is 18.2 Å². The molecule has 5 heteroatoms. The molecule has 0 aliphatic carbocycles. The van der Waals surface area contributed by atoms with Crippen LogP contribution >= 0.6 is 0 Å². The number of nitrogens with one attached hydrogen (secondary N) is 1. The molecule has 2 rings (SSSR count). The summed E-state index contributed by atoms with van der Waals surface area (Å²) >= 11 is 0. The number of hydrogen-bond donors (Lipinski definition) is 2. The Morgan fingerprint density at radius 2 is 2.14 bits per heavy atom. The van der Waals surface area contributed by atoms with Crippen molar-refractivity contribution >= 4 is 5.69 Å². The number of benzene rings is 2. The van der Waals surface area contributed by atoms with Crippen LogP contribution in [-0.2, 0) is 6.54 Å². The number of halogens is 1. The summed E-state index contributed by atoms with van der Waals surface area (Å²) in [6.07, 6.45) is 0. The normalized spacial score (nSPS) is 9.95. The second-order valence-electron chi connectivity index (χ2n) is 4.36. The summed E-state index contributed by atoms with van der Waals surface area (Å²) in [5.41, 5.74) is 1.14. The van der Waals surface area contributed by atoms with Gasteiger partial charge in [0.25, 0.3) is 0 Å². The first-order chi connectivity index (χ1) is 10.2. The zero-order valence-electron chi connectivity index (χ0n) is 11.6. The largest absolute Gasteiger partial charge is 0.504 e. The zero-order valence-corrected chi connectivity index (χ0v) is 11.6. The Labute approximate surface area is 122 Å². The number of phenols is 1. The van der Waals surface area contributed by atoms with Crippen LogP contribution in [0.25, 0.3) is 0 Å². The first-order valence-electron chi connectivity index (χ1n) is 6.53. The van der Waals surface area contributed by atoms with E-state index < -0.39 is 5.82 Å². The van der Waals surface area contributed by atoms with E-state index in [1.165, 1.54) is 18.2 Å². The highest BCUT2D eigenvalue weighted by atomic mass is 19.1. The van der Waals surface area contributed by atoms with Gasteiger partial charge in [0.1, 0.15) is 5.82 Å². The van der Waals surface area contributed by atoms with Crippen LogP contribution in [-0.4, -0.2) is 11.7 Å². The van der Waals surface area contributed by atoms with E-state index >= 15 is 0 Å². The molecule has 4 nitrogen and oxygen atoms in total. The molecule has 0 saturated carbocycles. The third-order valence-electron chi connectivity index (χ3n) is 2.95. The van der Waals surface area contributed by atoms with Crippen LogP contribution in [0.5, 0.6) is 11.5 Å². The molecular formula is C16H15FN2O2. The molecule has 0 saturated heterocycles. The van der Waals surface area contributed by atoms with Crippen molar-refractivity contribution in [2.24, 2.45) is 0 Å². The van der Waals surface area contributed by atoms with E-state index in [4.69, 9.17) is 10.00 Å².